The van der Waals surface area contributed by atoms with E-state index in [1.807, 2.05) is 0 Å². The Morgan fingerprint density at radius 3 is 1.16 bits per heavy atom. The second-order valence-corrected chi connectivity index (χ2v) is 35.5. The second kappa shape index (κ2) is 36.5. The largest absolute Gasteiger partial charge is 0.697 e. The van der Waals surface area contributed by atoms with Gasteiger partial charge in [0.2, 0.25) is 17.8 Å². The van der Waals surface area contributed by atoms with E-state index in [1.54, 1.807) is 0 Å². The molecule has 0 aromatic carbocycles. The molecule has 0 bridgehead atoms. The number of phosphoric ester groups is 4. The van der Waals surface area contributed by atoms with Crippen molar-refractivity contribution in [1.29, 1.82) is 0 Å². The van der Waals surface area contributed by atoms with Crippen LogP contribution in [0.15, 0.2) is 84.5 Å². The Hall–Kier alpha value is -10.2. The summed E-state index contributed by atoms with van der Waals surface area (Å²) in [6, 6.07) is 3.70. The van der Waals surface area contributed by atoms with Crippen LogP contribution < -0.4 is 68.1 Å². The normalized spacial score (nSPS) is 29.2. The third-order valence-electron chi connectivity index (χ3n) is 20.0. The van der Waals surface area contributed by atoms with Crippen LogP contribution in [-0.4, -0.2) is 230 Å². The number of rotatable bonds is 34. The number of aromatic nitrogens is 18. The number of phosphoric acid groups is 4. The molecule has 15 heterocycles. The Morgan fingerprint density at radius 1 is 0.437 bits per heavy atom. The molecule has 59 nitrogen and oxygen atoms in total. The molecule has 15 rings (SSSR count). The number of imidazole rings is 3. The number of anilines is 6. The molecule has 0 amide bonds. The topological polar surface area (TPSA) is 832 Å². The Labute approximate surface area is 701 Å². The Bertz CT molecular complexity index is 6370. The highest BCUT2D eigenvalue weighted by atomic mass is 31.2. The van der Waals surface area contributed by atoms with Gasteiger partial charge in [-0.15, -0.1) is 30.9 Å². The van der Waals surface area contributed by atoms with Crippen LogP contribution in [-0.2, 0) is 106 Å². The Balaban J connectivity index is 0.644. The van der Waals surface area contributed by atoms with Crippen molar-refractivity contribution in [2.45, 2.75) is 136 Å². The van der Waals surface area contributed by atoms with Crippen molar-refractivity contribution in [3.8, 4) is 24.7 Å². The van der Waals surface area contributed by atoms with Gasteiger partial charge in [0.25, 0.3) is 16.7 Å². The monoisotopic (exact) mass is 1890 g/mol. The number of hydrogen-bond acceptors (Lipinski definition) is 45. The van der Waals surface area contributed by atoms with Crippen LogP contribution in [0, 0.1) is 36.5 Å². The molecule has 126 heavy (non-hydrogen) atoms. The summed E-state index contributed by atoms with van der Waals surface area (Å²) in [6.07, 6.45) is -10.7. The van der Waals surface area contributed by atoms with Gasteiger partial charge in [-0.25, -0.2) is 47.6 Å². The molecule has 674 valence electrons. The first kappa shape index (κ1) is 90.6. The van der Waals surface area contributed by atoms with E-state index in [0.717, 1.165) is 54.2 Å². The molecule has 6 aliphatic heterocycles. The molecule has 5 unspecified atom stereocenters. The molecule has 65 heteroatoms. The van der Waals surface area contributed by atoms with E-state index in [0.29, 0.717) is 0 Å². The number of ether oxygens (including phenoxy) is 6. The summed E-state index contributed by atoms with van der Waals surface area (Å²) >= 11 is 0. The number of nitrogens with one attached hydrogen (secondary N) is 3. The van der Waals surface area contributed by atoms with Crippen molar-refractivity contribution in [3.05, 3.63) is 118 Å². The van der Waals surface area contributed by atoms with Crippen molar-refractivity contribution in [3.63, 3.8) is 0 Å². The Kier molecular flexibility index (Phi) is 26.3. The lowest BCUT2D eigenvalue weighted by Crippen LogP contribution is -2.33. The standard InChI is InChI=1S/C61H70N24O35P6/c1-3-24-46(119-125(100,101)107-17-30-26(86)11-39(110-30)80-8-5-36(62)71-59(80)90)34(114-54(24)84-22-69-44-49(84)75-57(66)78-52(44)88)15-104-122(94)117-28-13-41(82-10-7-38(64)73-61(82)92)112-32(28)20-109-126(102,103)120-47-25(4-2)55(85-23-70-45-50(85)76-58(67)79-53(45)89)115-35(47)16-105-121(93)116-27-12-40(81-9-6-37(63)72-60(81)91)111-31(27)19-108-124(98,99)118-29-14-42(113-33(29)18-106-123(95,96)97)83-21-68-43-48(83)74-56(65)77-51(43)87/h1-2,5-10,21-35,39-42,46-47,54-55,86H,11-20H2,(H18-2,62,63,64,65,66,67,71,72,73,74,75,76,77,78,79,87,88,89,90,91,92,95,96,97,98,99,100,101,102,103)/p+2/t24-,25-,26-,27-,28-,29-,30+,31+,32+,33+,34+,35+,39+,40+,41+,42+,46-,47-,54+,55+/m0/s1. The lowest BCUT2D eigenvalue weighted by molar-refractivity contribution is -0.0594. The molecule has 0 spiro atoms. The maximum Gasteiger partial charge on any atom is 0.697 e. The molecule has 9 aromatic heterocycles. The van der Waals surface area contributed by atoms with E-state index in [4.69, 9.17) is 121 Å². The molecule has 21 N–H and O–H groups in total. The van der Waals surface area contributed by atoms with Crippen LogP contribution in [0.25, 0.3) is 33.5 Å². The molecule has 6 aliphatic rings. The number of nitrogen functional groups attached to an aromatic ring is 6. The van der Waals surface area contributed by atoms with Gasteiger partial charge in [-0.2, -0.15) is 29.9 Å². The van der Waals surface area contributed by atoms with Crippen LogP contribution in [0.3, 0.4) is 0 Å². The molecular formula is C61H72N24O35P6+2. The minimum atomic E-state index is -5.71. The van der Waals surface area contributed by atoms with Gasteiger partial charge in [-0.3, -0.25) is 88.4 Å². The fourth-order valence-electron chi connectivity index (χ4n) is 14.4. The highest BCUT2D eigenvalue weighted by molar-refractivity contribution is 7.48. The van der Waals surface area contributed by atoms with Gasteiger partial charge >= 0.3 is 64.9 Å². The lowest BCUT2D eigenvalue weighted by Gasteiger charge is -2.24. The van der Waals surface area contributed by atoms with E-state index in [1.165, 1.54) is 29.0 Å². The zero-order chi connectivity index (χ0) is 89.9. The number of hydrogen-bond donors (Lipinski definition) is 15. The summed E-state index contributed by atoms with van der Waals surface area (Å²) in [7, 11) is -28.9. The number of H-pyrrole nitrogens is 3. The lowest BCUT2D eigenvalue weighted by atomic mass is 10.0. The maximum absolute atomic E-state index is 14.7. The summed E-state index contributed by atoms with van der Waals surface area (Å²) in [5.74, 6) is -0.0150. The maximum atomic E-state index is 14.7. The summed E-state index contributed by atoms with van der Waals surface area (Å²) in [5, 5.41) is 10.9. The first-order valence-corrected chi connectivity index (χ1v) is 44.9. The highest BCUT2D eigenvalue weighted by Gasteiger charge is 2.56. The van der Waals surface area contributed by atoms with Crippen LogP contribution in [0.2, 0.25) is 0 Å². The fraction of sp³-hybridized carbons (Fsp3) is 0.492. The summed E-state index contributed by atoms with van der Waals surface area (Å²) in [4.78, 5) is 174. The highest BCUT2D eigenvalue weighted by Crippen LogP contribution is 2.56. The molecule has 0 saturated carbocycles. The van der Waals surface area contributed by atoms with Crippen molar-refractivity contribution in [2.75, 3.05) is 74.0 Å². The van der Waals surface area contributed by atoms with E-state index >= 15 is 0 Å². The first-order chi connectivity index (χ1) is 59.7. The minimum absolute atomic E-state index is 0.105. The van der Waals surface area contributed by atoms with E-state index < -0.39 is 269 Å². The third-order valence-corrected chi connectivity index (χ3v) is 25.1. The van der Waals surface area contributed by atoms with Crippen molar-refractivity contribution >= 4 is 117 Å². The van der Waals surface area contributed by atoms with Gasteiger partial charge in [0.05, 0.1) is 63.3 Å². The van der Waals surface area contributed by atoms with Gasteiger partial charge in [-0.05, 0) is 18.2 Å². The zero-order valence-corrected chi connectivity index (χ0v) is 69.2. The molecule has 9 aromatic rings. The average molecular weight is 1890 g/mol. The molecule has 0 radical (unpaired) electrons. The number of nitrogens with two attached hydrogens (primary N) is 6. The van der Waals surface area contributed by atoms with Gasteiger partial charge in [0.1, 0.15) is 123 Å². The van der Waals surface area contributed by atoms with Crippen molar-refractivity contribution in [1.82, 2.24) is 87.2 Å². The number of nitrogens with zero attached hydrogens (tertiary/aromatic N) is 15. The van der Waals surface area contributed by atoms with Crippen molar-refractivity contribution < 1.29 is 135 Å². The SMILES string of the molecule is C#C[C@H]1[C@H](OP(=O)(O)OC[C@H]2O[C@@H](n3ccc(N)nc3=O)C[C@@H]2O)[C@@H](CO[P+](=O)O[C@H]2C[C@H](n3ccc(N)nc3=O)O[C@@H]2COP(=O)(O)O[C@H]2[C@H](C#C)[C@H](n3cnc4c(=O)[nH]c(N)nc43)O[C@@H]2CO[P+](=O)O[C@H]2C[C@H](n3ccc(N)nc3=O)O[C@@H]2COP(=O)(O)O[C@H]2C[C@H](n3cnc4c(=O)[nH]c(N)nc43)O[C@@H]2COP(=O)(O)O)O[C@H]1n1cnc2c(=O)[nH]c(N)nc21. The van der Waals surface area contributed by atoms with Crippen LogP contribution >= 0.6 is 47.8 Å². The number of aliphatic hydroxyl groups excluding tert-OH is 1. The van der Waals surface area contributed by atoms with Gasteiger partial charge in [0.15, 0.2) is 45.9 Å². The predicted octanol–water partition coefficient (Wildman–Crippen LogP) is -2.81. The van der Waals surface area contributed by atoms with Crippen molar-refractivity contribution in [2.24, 2.45) is 11.8 Å². The molecule has 25 atom stereocenters. The second-order valence-electron chi connectivity index (χ2n) is 28.2. The van der Waals surface area contributed by atoms with E-state index in [2.05, 4.69) is 76.2 Å². The summed E-state index contributed by atoms with van der Waals surface area (Å²) in [5.41, 5.74) is 28.1. The van der Waals surface area contributed by atoms with Gasteiger partial charge in [-0.1, -0.05) is 11.8 Å². The number of aromatic amines is 3. The molecule has 0 aliphatic carbocycles. The molecule has 6 fully saturated rings. The molecule has 6 saturated heterocycles. The average Bonchev–Trinajstić information content (AvgIpc) is 1.60. The number of terminal acetylenes is 2. The van der Waals surface area contributed by atoms with E-state index in [-0.39, 0.29) is 69.3 Å². The summed E-state index contributed by atoms with van der Waals surface area (Å²) < 4.78 is 187. The first-order valence-electron chi connectivity index (χ1n) is 36.7. The Morgan fingerprint density at radius 2 is 0.770 bits per heavy atom. The quantitative estimate of drug-likeness (QED) is 0.0143. The van der Waals surface area contributed by atoms with Crippen LogP contribution in [0.4, 0.5) is 35.3 Å². The van der Waals surface area contributed by atoms with Crippen LogP contribution in [0.1, 0.15) is 63.1 Å². The third kappa shape index (κ3) is 20.0. The predicted molar refractivity (Wildman–Crippen MR) is 416 cm³/mol. The molecular weight excluding hydrogens is 1810 g/mol. The smallest absolute Gasteiger partial charge is 0.390 e. The fourth-order valence-corrected chi connectivity index (χ4v) is 19.2. The minimum Gasteiger partial charge on any atom is -0.390 e. The number of aliphatic hydroxyl groups is 1. The zero-order valence-electron chi connectivity index (χ0n) is 63.8. The van der Waals surface area contributed by atoms with Gasteiger partial charge in [0, 0.05) is 53.4 Å². The van der Waals surface area contributed by atoms with Crippen LogP contribution in [0.5, 0.6) is 0 Å². The summed E-state index contributed by atoms with van der Waals surface area (Å²) in [6.45, 7) is -5.85. The number of fused-ring (bicyclic) bond motifs is 3. The van der Waals surface area contributed by atoms with E-state index in [9.17, 15) is 85.7 Å². The van der Waals surface area contributed by atoms with Gasteiger partial charge < -0.3 is 92.4 Å².